The van der Waals surface area contributed by atoms with Crippen LogP contribution in [0, 0.1) is 6.92 Å². The van der Waals surface area contributed by atoms with Crippen molar-refractivity contribution in [1.29, 1.82) is 0 Å². The molecule has 1 N–H and O–H groups in total. The van der Waals surface area contributed by atoms with Crippen LogP contribution in [0.25, 0.3) is 11.5 Å². The van der Waals surface area contributed by atoms with Crippen molar-refractivity contribution in [2.24, 2.45) is 0 Å². The molecule has 0 radical (unpaired) electrons. The second-order valence-electron chi connectivity index (χ2n) is 7.20. The van der Waals surface area contributed by atoms with Gasteiger partial charge in [0.25, 0.3) is 5.91 Å². The number of anilines is 1. The van der Waals surface area contributed by atoms with Crippen molar-refractivity contribution in [2.75, 3.05) is 5.32 Å². The molecule has 3 aromatic heterocycles. The summed E-state index contributed by atoms with van der Waals surface area (Å²) in [6, 6.07) is 5.96. The van der Waals surface area contributed by atoms with E-state index in [1.807, 2.05) is 0 Å². The number of alkyl halides is 6. The smallest absolute Gasteiger partial charge is 0.416 e. The molecule has 0 bridgehead atoms. The third kappa shape index (κ3) is 4.82. The Labute approximate surface area is 186 Å². The fraction of sp³-hybridized carbons (Fsp3) is 0.190. The van der Waals surface area contributed by atoms with Gasteiger partial charge < -0.3 is 14.3 Å². The summed E-state index contributed by atoms with van der Waals surface area (Å²) in [7, 11) is 0. The summed E-state index contributed by atoms with van der Waals surface area (Å²) < 4.78 is 90.1. The van der Waals surface area contributed by atoms with Crippen LogP contribution in [0.15, 0.2) is 57.8 Å². The number of aryl methyl sites for hydroxylation is 1. The van der Waals surface area contributed by atoms with E-state index in [1.165, 1.54) is 25.5 Å². The summed E-state index contributed by atoms with van der Waals surface area (Å²) in [6.07, 6.45) is -7.25. The predicted octanol–water partition coefficient (Wildman–Crippen LogP) is 5.78. The number of benzene rings is 1. The van der Waals surface area contributed by atoms with Gasteiger partial charge in [0.2, 0.25) is 5.76 Å². The lowest BCUT2D eigenvalue weighted by Gasteiger charge is -2.16. The lowest BCUT2D eigenvalue weighted by Crippen LogP contribution is -2.15. The van der Waals surface area contributed by atoms with Crippen LogP contribution in [0.2, 0.25) is 0 Å². The Morgan fingerprint density at radius 1 is 1.06 bits per heavy atom. The summed E-state index contributed by atoms with van der Waals surface area (Å²) >= 11 is 0. The molecule has 3 heterocycles. The minimum Gasteiger partial charge on any atom is -0.461 e. The molecule has 0 aliphatic carbocycles. The highest BCUT2D eigenvalue weighted by molar-refractivity contribution is 6.03. The maximum Gasteiger partial charge on any atom is 0.416 e. The van der Waals surface area contributed by atoms with Gasteiger partial charge in [0.15, 0.2) is 11.5 Å². The zero-order valence-corrected chi connectivity index (χ0v) is 17.2. The first kappa shape index (κ1) is 23.1. The molecule has 0 spiro atoms. The molecule has 1 aromatic carbocycles. The van der Waals surface area contributed by atoms with Crippen LogP contribution in [0.3, 0.4) is 0 Å². The number of carbonyl (C=O) groups is 1. The first-order valence-electron chi connectivity index (χ1n) is 9.55. The van der Waals surface area contributed by atoms with Gasteiger partial charge in [-0.05, 0) is 36.8 Å². The quantitative estimate of drug-likeness (QED) is 0.363. The maximum atomic E-state index is 13.4. The standard InChI is InChI=1S/C21H14F6N4O3/c1-11-16(28-19(32)15-8-18(34-30-15)17-3-2-6-33-17)10-31(29-11)9-12-4-5-13(20(22,23)24)7-14(12)21(25,26)27/h2-8,10H,9H2,1H3,(H,28,32). The molecule has 4 aromatic rings. The fourth-order valence-corrected chi connectivity index (χ4v) is 3.15. The van der Waals surface area contributed by atoms with Crippen molar-refractivity contribution in [1.82, 2.24) is 14.9 Å². The number of aromatic nitrogens is 3. The van der Waals surface area contributed by atoms with Crippen molar-refractivity contribution in [2.45, 2.75) is 25.8 Å². The van der Waals surface area contributed by atoms with Crippen molar-refractivity contribution in [3.8, 4) is 11.5 Å². The SMILES string of the molecule is Cc1nn(Cc2ccc(C(F)(F)F)cc2C(F)(F)F)cc1NC(=O)c1cc(-c2ccco2)on1. The molecule has 178 valence electrons. The Morgan fingerprint density at radius 3 is 2.47 bits per heavy atom. The van der Waals surface area contributed by atoms with Gasteiger partial charge in [-0.2, -0.15) is 31.4 Å². The van der Waals surface area contributed by atoms with Gasteiger partial charge in [-0.1, -0.05) is 11.2 Å². The molecule has 0 aliphatic heterocycles. The minimum atomic E-state index is -5.01. The van der Waals surface area contributed by atoms with Crippen LogP contribution in [-0.2, 0) is 18.9 Å². The maximum absolute atomic E-state index is 13.4. The van der Waals surface area contributed by atoms with E-state index in [9.17, 15) is 31.1 Å². The number of halogens is 6. The topological polar surface area (TPSA) is 86.1 Å². The van der Waals surface area contributed by atoms with Gasteiger partial charge in [0, 0.05) is 12.3 Å². The highest BCUT2D eigenvalue weighted by atomic mass is 19.4. The van der Waals surface area contributed by atoms with Gasteiger partial charge in [0.1, 0.15) is 0 Å². The number of carbonyl (C=O) groups excluding carboxylic acids is 1. The first-order valence-corrected chi connectivity index (χ1v) is 9.55. The van der Waals surface area contributed by atoms with E-state index < -0.39 is 41.5 Å². The average Bonchev–Trinajstić information content (AvgIpc) is 3.48. The minimum absolute atomic E-state index is 0.0650. The normalized spacial score (nSPS) is 12.2. The van der Waals surface area contributed by atoms with E-state index in [0.29, 0.717) is 11.8 Å². The largest absolute Gasteiger partial charge is 0.461 e. The van der Waals surface area contributed by atoms with E-state index in [2.05, 4.69) is 15.6 Å². The van der Waals surface area contributed by atoms with Gasteiger partial charge >= 0.3 is 12.4 Å². The third-order valence-corrected chi connectivity index (χ3v) is 4.78. The molecular weight excluding hydrogens is 470 g/mol. The summed E-state index contributed by atoms with van der Waals surface area (Å²) in [6.45, 7) is 1.02. The zero-order chi connectivity index (χ0) is 24.7. The van der Waals surface area contributed by atoms with Crippen LogP contribution in [0.1, 0.15) is 32.9 Å². The highest BCUT2D eigenvalue weighted by Gasteiger charge is 2.38. The number of hydrogen-bond acceptors (Lipinski definition) is 5. The van der Waals surface area contributed by atoms with Crippen LogP contribution < -0.4 is 5.32 Å². The number of nitrogens with zero attached hydrogens (tertiary/aromatic N) is 3. The second-order valence-corrected chi connectivity index (χ2v) is 7.20. The molecule has 34 heavy (non-hydrogen) atoms. The van der Waals surface area contributed by atoms with E-state index in [0.717, 1.165) is 10.7 Å². The van der Waals surface area contributed by atoms with Crippen LogP contribution in [0.5, 0.6) is 0 Å². The number of rotatable bonds is 5. The molecule has 7 nitrogen and oxygen atoms in total. The monoisotopic (exact) mass is 484 g/mol. The van der Waals surface area contributed by atoms with Crippen molar-refractivity contribution in [3.63, 3.8) is 0 Å². The molecule has 0 saturated carbocycles. The molecular formula is C21H14F6N4O3. The predicted molar refractivity (Wildman–Crippen MR) is 105 cm³/mol. The fourth-order valence-electron chi connectivity index (χ4n) is 3.15. The summed E-state index contributed by atoms with van der Waals surface area (Å²) in [4.78, 5) is 12.5. The van der Waals surface area contributed by atoms with Gasteiger partial charge in [-0.15, -0.1) is 0 Å². The van der Waals surface area contributed by atoms with Crippen LogP contribution in [0.4, 0.5) is 32.0 Å². The van der Waals surface area contributed by atoms with E-state index >= 15 is 0 Å². The molecule has 1 amide bonds. The molecule has 0 unspecified atom stereocenters. The molecule has 4 rings (SSSR count). The average molecular weight is 484 g/mol. The van der Waals surface area contributed by atoms with E-state index in [1.54, 1.807) is 12.1 Å². The Bertz CT molecular complexity index is 1320. The molecule has 0 atom stereocenters. The Kier molecular flexibility index (Phi) is 5.71. The zero-order valence-electron chi connectivity index (χ0n) is 17.2. The third-order valence-electron chi connectivity index (χ3n) is 4.78. The molecule has 0 saturated heterocycles. The van der Waals surface area contributed by atoms with Crippen molar-refractivity contribution in [3.05, 3.63) is 76.9 Å². The van der Waals surface area contributed by atoms with Gasteiger partial charge in [-0.3, -0.25) is 9.48 Å². The number of hydrogen-bond donors (Lipinski definition) is 1. The number of furan rings is 1. The molecule has 13 heteroatoms. The van der Waals surface area contributed by atoms with Gasteiger partial charge in [0.05, 0.1) is 35.3 Å². The van der Waals surface area contributed by atoms with Crippen LogP contribution >= 0.6 is 0 Å². The number of amides is 1. The molecule has 0 aliphatic rings. The van der Waals surface area contributed by atoms with Crippen molar-refractivity contribution < 1.29 is 40.1 Å². The first-order chi connectivity index (χ1) is 15.9. The lowest BCUT2D eigenvalue weighted by atomic mass is 10.0. The van der Waals surface area contributed by atoms with Crippen LogP contribution in [-0.4, -0.2) is 20.8 Å². The van der Waals surface area contributed by atoms with Crippen molar-refractivity contribution >= 4 is 11.6 Å². The number of nitrogens with one attached hydrogen (secondary N) is 1. The van der Waals surface area contributed by atoms with E-state index in [4.69, 9.17) is 8.94 Å². The summed E-state index contributed by atoms with van der Waals surface area (Å²) in [5, 5.41) is 10.2. The Balaban J connectivity index is 1.54. The lowest BCUT2D eigenvalue weighted by molar-refractivity contribution is -0.143. The summed E-state index contributed by atoms with van der Waals surface area (Å²) in [5.41, 5.74) is -2.89. The second kappa shape index (κ2) is 8.39. The van der Waals surface area contributed by atoms with Gasteiger partial charge in [-0.25, -0.2) is 0 Å². The Morgan fingerprint density at radius 2 is 1.82 bits per heavy atom. The molecule has 0 fully saturated rings. The highest BCUT2D eigenvalue weighted by Crippen LogP contribution is 2.37. The van der Waals surface area contributed by atoms with E-state index in [-0.39, 0.29) is 28.9 Å². The summed E-state index contributed by atoms with van der Waals surface area (Å²) in [5.74, 6) is -0.105. The Hall–Kier alpha value is -4.03.